The first-order valence-corrected chi connectivity index (χ1v) is 7.17. The normalized spacial score (nSPS) is 17.7. The quantitative estimate of drug-likeness (QED) is 0.930. The van der Waals surface area contributed by atoms with E-state index in [1.54, 1.807) is 0 Å². The highest BCUT2D eigenvalue weighted by atomic mass is 79.9. The van der Waals surface area contributed by atoms with E-state index in [2.05, 4.69) is 33.2 Å². The molecule has 2 rings (SSSR count). The van der Waals surface area contributed by atoms with Crippen LogP contribution in [0.5, 0.6) is 0 Å². The van der Waals surface area contributed by atoms with Crippen molar-refractivity contribution >= 4 is 21.8 Å². The van der Waals surface area contributed by atoms with E-state index in [4.69, 9.17) is 0 Å². The van der Waals surface area contributed by atoms with Crippen LogP contribution in [0.3, 0.4) is 0 Å². The van der Waals surface area contributed by atoms with Crippen molar-refractivity contribution in [2.45, 2.75) is 12.8 Å². The van der Waals surface area contributed by atoms with Crippen molar-refractivity contribution in [3.05, 3.63) is 34.3 Å². The Labute approximate surface area is 117 Å². The largest absolute Gasteiger partial charge is 0.352 e. The lowest BCUT2D eigenvalue weighted by atomic mass is 9.97. The number of hydrogen-bond donors (Lipinski definition) is 1. The van der Waals surface area contributed by atoms with Gasteiger partial charge in [-0.25, -0.2) is 0 Å². The lowest BCUT2D eigenvalue weighted by Crippen LogP contribution is -2.36. The van der Waals surface area contributed by atoms with Crippen LogP contribution in [0, 0.1) is 5.92 Å². The topological polar surface area (TPSA) is 32.3 Å². The Hall–Kier alpha value is -0.870. The molecule has 18 heavy (non-hydrogen) atoms. The molecule has 0 aromatic heterocycles. The summed E-state index contributed by atoms with van der Waals surface area (Å²) in [6.07, 6.45) is 2.35. The molecule has 1 aliphatic heterocycles. The van der Waals surface area contributed by atoms with E-state index in [1.165, 1.54) is 12.8 Å². The molecule has 1 N–H and O–H groups in total. The summed E-state index contributed by atoms with van der Waals surface area (Å²) in [6.45, 7) is 3.05. The zero-order chi connectivity index (χ0) is 13.0. The van der Waals surface area contributed by atoms with Crippen molar-refractivity contribution in [1.82, 2.24) is 10.2 Å². The Morgan fingerprint density at radius 2 is 2.06 bits per heavy atom. The zero-order valence-electron chi connectivity index (χ0n) is 10.7. The number of benzene rings is 1. The first kappa shape index (κ1) is 13.6. The second-order valence-electron chi connectivity index (χ2n) is 4.94. The van der Waals surface area contributed by atoms with Crippen molar-refractivity contribution in [3.63, 3.8) is 0 Å². The maximum atomic E-state index is 12.0. The lowest BCUT2D eigenvalue weighted by molar-refractivity contribution is 0.0938. The molecule has 1 saturated heterocycles. The molecule has 0 bridgehead atoms. The van der Waals surface area contributed by atoms with Gasteiger partial charge in [0.2, 0.25) is 0 Å². The first-order chi connectivity index (χ1) is 8.66. The Bertz CT molecular complexity index is 414. The van der Waals surface area contributed by atoms with E-state index < -0.39 is 0 Å². The average Bonchev–Trinajstić information content (AvgIpc) is 2.38. The second kappa shape index (κ2) is 6.34. The molecule has 1 heterocycles. The summed E-state index contributed by atoms with van der Waals surface area (Å²) in [4.78, 5) is 14.4. The minimum absolute atomic E-state index is 0.0152. The lowest BCUT2D eigenvalue weighted by Gasteiger charge is -2.28. The van der Waals surface area contributed by atoms with E-state index in [0.29, 0.717) is 11.5 Å². The molecule has 0 saturated carbocycles. The maximum absolute atomic E-state index is 12.0. The molecule has 98 valence electrons. The minimum Gasteiger partial charge on any atom is -0.352 e. The first-order valence-electron chi connectivity index (χ1n) is 6.38. The van der Waals surface area contributed by atoms with Crippen LogP contribution in [0.25, 0.3) is 0 Å². The van der Waals surface area contributed by atoms with Gasteiger partial charge in [-0.05, 0) is 67.0 Å². The monoisotopic (exact) mass is 310 g/mol. The van der Waals surface area contributed by atoms with Crippen LogP contribution in [0.15, 0.2) is 28.7 Å². The molecule has 1 aromatic carbocycles. The third-order valence-electron chi connectivity index (χ3n) is 3.51. The predicted molar refractivity (Wildman–Crippen MR) is 76.7 cm³/mol. The molecule has 1 aromatic rings. The third-order valence-corrected chi connectivity index (χ3v) is 4.20. The van der Waals surface area contributed by atoms with Gasteiger partial charge in [0.1, 0.15) is 0 Å². The maximum Gasteiger partial charge on any atom is 0.252 e. The van der Waals surface area contributed by atoms with Gasteiger partial charge in [0.05, 0.1) is 5.56 Å². The van der Waals surface area contributed by atoms with Gasteiger partial charge < -0.3 is 10.2 Å². The number of amides is 1. The predicted octanol–water partition coefficient (Wildman–Crippen LogP) is 2.52. The molecule has 3 nitrogen and oxygen atoms in total. The number of hydrogen-bond acceptors (Lipinski definition) is 2. The number of carbonyl (C=O) groups is 1. The number of nitrogens with zero attached hydrogens (tertiary/aromatic N) is 1. The summed E-state index contributed by atoms with van der Waals surface area (Å²) in [6, 6.07) is 7.53. The van der Waals surface area contributed by atoms with Gasteiger partial charge in [-0.3, -0.25) is 4.79 Å². The van der Waals surface area contributed by atoms with Crippen LogP contribution in [0.1, 0.15) is 23.2 Å². The van der Waals surface area contributed by atoms with E-state index in [9.17, 15) is 4.79 Å². The van der Waals surface area contributed by atoms with Crippen LogP contribution in [0.4, 0.5) is 0 Å². The van der Waals surface area contributed by atoms with Gasteiger partial charge >= 0.3 is 0 Å². The van der Waals surface area contributed by atoms with Crippen molar-refractivity contribution in [2.24, 2.45) is 5.92 Å². The average molecular weight is 311 g/mol. The zero-order valence-corrected chi connectivity index (χ0v) is 12.2. The number of halogens is 1. The Kier molecular flexibility index (Phi) is 4.78. The van der Waals surface area contributed by atoms with Crippen LogP contribution < -0.4 is 5.32 Å². The molecule has 1 aliphatic rings. The summed E-state index contributed by atoms with van der Waals surface area (Å²) < 4.78 is 0.853. The van der Waals surface area contributed by atoms with Gasteiger partial charge in [0, 0.05) is 11.0 Å². The number of likely N-dealkylation sites (tertiary alicyclic amines) is 1. The second-order valence-corrected chi connectivity index (χ2v) is 5.79. The van der Waals surface area contributed by atoms with Crippen molar-refractivity contribution in [1.29, 1.82) is 0 Å². The van der Waals surface area contributed by atoms with Gasteiger partial charge in [-0.15, -0.1) is 0 Å². The van der Waals surface area contributed by atoms with Crippen molar-refractivity contribution < 1.29 is 4.79 Å². The molecule has 4 heteroatoms. The summed E-state index contributed by atoms with van der Waals surface area (Å²) in [7, 11) is 2.15. The summed E-state index contributed by atoms with van der Waals surface area (Å²) >= 11 is 3.40. The van der Waals surface area contributed by atoms with Crippen LogP contribution in [0.2, 0.25) is 0 Å². The molecule has 0 radical (unpaired) electrons. The van der Waals surface area contributed by atoms with Gasteiger partial charge in [-0.2, -0.15) is 0 Å². The Morgan fingerprint density at radius 3 is 2.72 bits per heavy atom. The van der Waals surface area contributed by atoms with E-state index in [0.717, 1.165) is 24.1 Å². The fourth-order valence-corrected chi connectivity index (χ4v) is 2.71. The van der Waals surface area contributed by atoms with Gasteiger partial charge in [0.25, 0.3) is 5.91 Å². The molecule has 0 atom stereocenters. The summed E-state index contributed by atoms with van der Waals surface area (Å²) in [5.74, 6) is 0.633. The number of nitrogens with one attached hydrogen (secondary N) is 1. The van der Waals surface area contributed by atoms with Crippen LogP contribution in [-0.2, 0) is 0 Å². The van der Waals surface area contributed by atoms with E-state index in [-0.39, 0.29) is 5.91 Å². The SMILES string of the molecule is CN1CCC(CNC(=O)c2ccccc2Br)CC1. The molecule has 1 amide bonds. The highest BCUT2D eigenvalue weighted by Crippen LogP contribution is 2.17. The molecule has 1 fully saturated rings. The number of piperidine rings is 1. The molecule has 0 unspecified atom stereocenters. The van der Waals surface area contributed by atoms with E-state index in [1.807, 2.05) is 24.3 Å². The standard InChI is InChI=1S/C14H19BrN2O/c1-17-8-6-11(7-9-17)10-16-14(18)12-4-2-3-5-13(12)15/h2-5,11H,6-10H2,1H3,(H,16,18). The summed E-state index contributed by atoms with van der Waals surface area (Å²) in [5, 5.41) is 3.04. The van der Waals surface area contributed by atoms with E-state index >= 15 is 0 Å². The third kappa shape index (κ3) is 3.56. The number of carbonyl (C=O) groups excluding carboxylic acids is 1. The molecule has 0 aliphatic carbocycles. The van der Waals surface area contributed by atoms with Gasteiger partial charge in [-0.1, -0.05) is 12.1 Å². The van der Waals surface area contributed by atoms with Crippen LogP contribution in [-0.4, -0.2) is 37.5 Å². The Morgan fingerprint density at radius 1 is 1.39 bits per heavy atom. The molecular formula is C14H19BrN2O. The molecule has 0 spiro atoms. The fourth-order valence-electron chi connectivity index (χ4n) is 2.24. The smallest absolute Gasteiger partial charge is 0.252 e. The van der Waals surface area contributed by atoms with Crippen LogP contribution >= 0.6 is 15.9 Å². The van der Waals surface area contributed by atoms with Crippen molar-refractivity contribution in [2.75, 3.05) is 26.7 Å². The highest BCUT2D eigenvalue weighted by molar-refractivity contribution is 9.10. The molecular weight excluding hydrogens is 292 g/mol. The number of rotatable bonds is 3. The minimum atomic E-state index is 0.0152. The Balaban J connectivity index is 1.84. The fraction of sp³-hybridized carbons (Fsp3) is 0.500. The highest BCUT2D eigenvalue weighted by Gasteiger charge is 2.18. The van der Waals surface area contributed by atoms with Crippen molar-refractivity contribution in [3.8, 4) is 0 Å². The van der Waals surface area contributed by atoms with Gasteiger partial charge in [0.15, 0.2) is 0 Å². The summed E-state index contributed by atoms with van der Waals surface area (Å²) in [5.41, 5.74) is 0.713.